The number of ether oxygens (including phenoxy) is 7. The van der Waals surface area contributed by atoms with Crippen molar-refractivity contribution in [2.45, 2.75) is 75.2 Å². The van der Waals surface area contributed by atoms with Crippen molar-refractivity contribution in [1.82, 2.24) is 15.1 Å². The lowest BCUT2D eigenvalue weighted by Gasteiger charge is -2.27. The molecule has 0 bridgehead atoms. The maximum Gasteiger partial charge on any atom is 0.413 e. The minimum Gasteiger partial charge on any atom is -0.480 e. The lowest BCUT2D eigenvalue weighted by Crippen LogP contribution is -2.46. The van der Waals surface area contributed by atoms with Crippen molar-refractivity contribution in [3.8, 4) is 33.4 Å². The second kappa shape index (κ2) is 31.4. The van der Waals surface area contributed by atoms with Crippen LogP contribution < -0.4 is 5.32 Å². The highest BCUT2D eigenvalue weighted by atomic mass is 16.6. The van der Waals surface area contributed by atoms with Gasteiger partial charge in [-0.1, -0.05) is 184 Å². The molecule has 21 heteroatoms. The Labute approximate surface area is 525 Å². The first-order chi connectivity index (χ1) is 44.0. The van der Waals surface area contributed by atoms with Gasteiger partial charge in [0.05, 0.1) is 19.3 Å². The van der Waals surface area contributed by atoms with E-state index in [1.165, 1.54) is 18.2 Å². The molecule has 0 spiro atoms. The van der Waals surface area contributed by atoms with Crippen LogP contribution in [0.3, 0.4) is 0 Å². The van der Waals surface area contributed by atoms with Gasteiger partial charge >= 0.3 is 54.1 Å². The molecular weight excluding hydrogens is 1170 g/mol. The van der Waals surface area contributed by atoms with Crippen LogP contribution >= 0.6 is 0 Å². The van der Waals surface area contributed by atoms with Crippen LogP contribution in [0.2, 0.25) is 0 Å². The lowest BCUT2D eigenvalue weighted by molar-refractivity contribution is -0.151. The summed E-state index contributed by atoms with van der Waals surface area (Å²) in [6.45, 7) is 13.8. The number of esters is 4. The van der Waals surface area contributed by atoms with Crippen molar-refractivity contribution >= 4 is 54.1 Å². The second-order valence-electron chi connectivity index (χ2n) is 21.1. The minimum absolute atomic E-state index is 0.0256. The van der Waals surface area contributed by atoms with E-state index in [1.54, 1.807) is 13.8 Å². The summed E-state index contributed by atoms with van der Waals surface area (Å²) in [5.74, 6) is -5.80. The van der Waals surface area contributed by atoms with Crippen LogP contribution in [0.25, 0.3) is 33.4 Å². The van der Waals surface area contributed by atoms with E-state index in [-0.39, 0.29) is 70.4 Å². The molecule has 91 heavy (non-hydrogen) atoms. The number of carbonyl (C=O) groups is 9. The van der Waals surface area contributed by atoms with Crippen LogP contribution in [-0.2, 0) is 61.9 Å². The number of nitrogens with one attached hydrogen (secondary N) is 1. The number of fused-ring (bicyclic) bond motifs is 9. The molecule has 1 fully saturated rings. The number of benzene rings is 6. The van der Waals surface area contributed by atoms with E-state index in [1.807, 2.05) is 133 Å². The molecule has 6 aromatic rings. The van der Waals surface area contributed by atoms with Gasteiger partial charge in [-0.15, -0.1) is 0 Å². The van der Waals surface area contributed by atoms with Gasteiger partial charge in [-0.2, -0.15) is 0 Å². The molecule has 0 aromatic heterocycles. The summed E-state index contributed by atoms with van der Waals surface area (Å²) in [6, 6.07) is 43.8. The molecule has 3 amide bonds. The Balaban J connectivity index is 0.000000176. The van der Waals surface area contributed by atoms with Gasteiger partial charge in [-0.05, 0) is 80.6 Å². The Morgan fingerprint density at radius 1 is 0.527 bits per heavy atom. The Kier molecular flexibility index (Phi) is 22.8. The average molecular weight is 1240 g/mol. The van der Waals surface area contributed by atoms with Crippen molar-refractivity contribution in [2.75, 3.05) is 46.2 Å². The number of nitrogens with zero attached hydrogens (tertiary/aromatic N) is 2. The van der Waals surface area contributed by atoms with Crippen molar-refractivity contribution in [3.63, 3.8) is 0 Å². The van der Waals surface area contributed by atoms with E-state index in [0.717, 1.165) is 76.6 Å². The number of carboxylic acid groups (broad SMARTS) is 2. The quantitative estimate of drug-likeness (QED) is 0.0305. The topological polar surface area (TPSA) is 277 Å². The Morgan fingerprint density at radius 3 is 1.26 bits per heavy atom. The summed E-state index contributed by atoms with van der Waals surface area (Å²) in [6.07, 6.45) is -0.332. The Bertz CT molecular complexity index is 3550. The third-order valence-electron chi connectivity index (χ3n) is 15.5. The number of likely N-dealkylation sites (N-methyl/N-ethyl adjacent to an activating group) is 1. The summed E-state index contributed by atoms with van der Waals surface area (Å²) in [4.78, 5) is 111. The molecule has 1 heterocycles. The first-order valence-electron chi connectivity index (χ1n) is 29.3. The van der Waals surface area contributed by atoms with Crippen molar-refractivity contribution in [3.05, 3.63) is 217 Å². The molecule has 1 unspecified atom stereocenters. The smallest absolute Gasteiger partial charge is 0.413 e. The van der Waals surface area contributed by atoms with Gasteiger partial charge in [0.15, 0.2) is 6.23 Å². The summed E-state index contributed by atoms with van der Waals surface area (Å²) in [5, 5.41) is 21.0. The Hall–Kier alpha value is -10.8. The van der Waals surface area contributed by atoms with Gasteiger partial charge in [0.25, 0.3) is 0 Å². The Morgan fingerprint density at radius 2 is 0.890 bits per heavy atom. The zero-order valence-corrected chi connectivity index (χ0v) is 50.1. The molecule has 10 rings (SSSR count). The molecule has 3 N–H and O–H groups in total. The molecule has 3 aliphatic carbocycles. The van der Waals surface area contributed by atoms with Gasteiger partial charge in [-0.25, -0.2) is 28.8 Å². The predicted molar refractivity (Wildman–Crippen MR) is 332 cm³/mol. The highest BCUT2D eigenvalue weighted by Crippen LogP contribution is 2.47. The fourth-order valence-electron chi connectivity index (χ4n) is 11.4. The van der Waals surface area contributed by atoms with Crippen LogP contribution in [0.5, 0.6) is 0 Å². The maximum absolute atomic E-state index is 12.9. The molecule has 4 aliphatic rings. The van der Waals surface area contributed by atoms with Crippen LogP contribution in [-0.4, -0.2) is 145 Å². The predicted octanol–water partition coefficient (Wildman–Crippen LogP) is 10.6. The number of carboxylic acids is 2. The van der Waals surface area contributed by atoms with Crippen LogP contribution in [0.15, 0.2) is 184 Å². The first-order valence-corrected chi connectivity index (χ1v) is 29.3. The van der Waals surface area contributed by atoms with E-state index in [4.69, 9.17) is 33.2 Å². The van der Waals surface area contributed by atoms with Crippen molar-refractivity contribution in [2.24, 2.45) is 0 Å². The van der Waals surface area contributed by atoms with Gasteiger partial charge in [0.2, 0.25) is 0 Å². The summed E-state index contributed by atoms with van der Waals surface area (Å²) >= 11 is 0. The highest BCUT2D eigenvalue weighted by molar-refractivity contribution is 5.90. The van der Waals surface area contributed by atoms with E-state index in [2.05, 4.69) is 37.2 Å². The molecule has 1 aliphatic heterocycles. The first kappa shape index (κ1) is 66.1. The molecule has 0 radical (unpaired) electrons. The molecule has 472 valence electrons. The van der Waals surface area contributed by atoms with Gasteiger partial charge in [-0.3, -0.25) is 24.2 Å². The van der Waals surface area contributed by atoms with Crippen molar-refractivity contribution < 1.29 is 86.5 Å². The molecule has 4 atom stereocenters. The van der Waals surface area contributed by atoms with Crippen LogP contribution in [0.1, 0.15) is 84.2 Å². The normalized spacial score (nSPS) is 15.1. The second-order valence-corrected chi connectivity index (χ2v) is 21.1. The largest absolute Gasteiger partial charge is 0.480 e. The molecule has 21 nitrogen and oxygen atoms in total. The lowest BCUT2D eigenvalue weighted by atomic mass is 9.98. The monoisotopic (exact) mass is 1240 g/mol. The summed E-state index contributed by atoms with van der Waals surface area (Å²) in [5.41, 5.74) is 13.0. The highest BCUT2D eigenvalue weighted by Gasteiger charge is 2.46. The zero-order valence-electron chi connectivity index (χ0n) is 50.1. The number of carbonyl (C=O) groups excluding carboxylic acids is 7. The van der Waals surface area contributed by atoms with Crippen LogP contribution in [0.4, 0.5) is 14.4 Å². The van der Waals surface area contributed by atoms with E-state index >= 15 is 0 Å². The fourth-order valence-corrected chi connectivity index (χ4v) is 11.4. The standard InChI is InChI=1S/C24H23NO6.C24H25NO6.C22H21NO6/c1-3-12-29-22(26)13-21-23(27)31-15(2)25(21)24(28)30-14-20-18-10-6-4-8-16(18)17-9-5-7-11-19(17)20;1-3-13-30-22(26)14-21(23(27)28)25(4-2)24(29)31-15-20-18-11-7-5-9-16(18)17-10-6-8-12-19(17)20;1-2-11-28-20(24)12-19(21(25)26)23-22(27)29-13-18-16-9-5-3-7-14(16)15-8-4-6-10-17(15)18/h3-11,15,20-21H,1,12-14H2,2H3;3,5-12,20-21H,1,4,13-15H2,2H3,(H,27,28);2-10,18-19H,1,11-13H2,(H,23,27)(H,25,26)/t15?,21-;21-;19-/m000/s1. The molecule has 0 saturated carbocycles. The number of aliphatic carboxylic acids is 2. The number of cyclic esters (lactones) is 1. The summed E-state index contributed by atoms with van der Waals surface area (Å²) < 4.78 is 36.2. The van der Waals surface area contributed by atoms with E-state index in [0.29, 0.717) is 0 Å². The van der Waals surface area contributed by atoms with E-state index in [9.17, 15) is 53.4 Å². The minimum atomic E-state index is -1.44. The number of hydrogen-bond donors (Lipinski definition) is 3. The molecule has 1 saturated heterocycles. The van der Waals surface area contributed by atoms with Gasteiger partial charge < -0.3 is 48.7 Å². The number of alkyl carbamates (subject to hydrolysis) is 1. The SMILES string of the molecule is C=CCOC(=O)C[C@@H](C(=O)O)N(CC)C(=O)OCC1c2ccccc2-c2ccccc21.C=CCOC(=O)C[C@H](NC(=O)OCC1c2ccccc2-c2ccccc21)C(=O)O.C=CCOC(=O)C[C@H]1C(=O)OC(C)N1C(=O)OCC1c2ccccc2-c2ccccc21. The number of amides is 3. The summed E-state index contributed by atoms with van der Waals surface area (Å²) in [7, 11) is 0. The molecule has 6 aromatic carbocycles. The number of rotatable bonds is 23. The van der Waals surface area contributed by atoms with Crippen molar-refractivity contribution in [1.29, 1.82) is 0 Å². The van der Waals surface area contributed by atoms with E-state index < -0.39 is 91.3 Å². The number of hydrogen-bond acceptors (Lipinski definition) is 16. The third kappa shape index (κ3) is 15.9. The fraction of sp³-hybridized carbons (Fsp3) is 0.271. The third-order valence-corrected chi connectivity index (χ3v) is 15.5. The maximum atomic E-state index is 12.9. The zero-order chi connectivity index (χ0) is 65.1. The molecular formula is C70H69N3O18. The van der Waals surface area contributed by atoms with Gasteiger partial charge in [0.1, 0.15) is 57.8 Å². The van der Waals surface area contributed by atoms with Gasteiger partial charge in [0, 0.05) is 24.3 Å². The average Bonchev–Trinajstić information content (AvgIpc) is 1.68. The van der Waals surface area contributed by atoms with Crippen LogP contribution in [0, 0.1) is 0 Å².